The normalized spacial score (nSPS) is 49.2. The predicted molar refractivity (Wildman–Crippen MR) is 41.2 cm³/mol. The molecule has 5 atom stereocenters. The van der Waals surface area contributed by atoms with E-state index in [2.05, 4.69) is 0 Å². The molecule has 0 aromatic rings. The van der Waals surface area contributed by atoms with Crippen LogP contribution in [0.15, 0.2) is 0 Å². The summed E-state index contributed by atoms with van der Waals surface area (Å²) in [7, 11) is 0. The second-order valence-corrected chi connectivity index (χ2v) is 3.29. The first-order chi connectivity index (χ1) is 5.57. The van der Waals surface area contributed by atoms with E-state index in [9.17, 15) is 10.2 Å². The van der Waals surface area contributed by atoms with Crippen LogP contribution in [0, 0.1) is 5.92 Å². The Morgan fingerprint density at radius 1 is 1.17 bits per heavy atom. The lowest BCUT2D eigenvalue weighted by molar-refractivity contribution is -0.124. The van der Waals surface area contributed by atoms with Crippen molar-refractivity contribution in [3.63, 3.8) is 0 Å². The first-order valence-corrected chi connectivity index (χ1v) is 3.98. The van der Waals surface area contributed by atoms with Gasteiger partial charge in [0.1, 0.15) is 6.10 Å². The molecule has 72 valence electrons. The van der Waals surface area contributed by atoms with E-state index in [1.165, 1.54) is 0 Å². The molecule has 12 heavy (non-hydrogen) atoms. The van der Waals surface area contributed by atoms with Gasteiger partial charge in [-0.2, -0.15) is 0 Å². The van der Waals surface area contributed by atoms with Gasteiger partial charge in [-0.1, -0.05) is 0 Å². The topological polar surface area (TPSA) is 107 Å². The maximum absolute atomic E-state index is 9.33. The lowest BCUT2D eigenvalue weighted by Gasteiger charge is -2.38. The van der Waals surface area contributed by atoms with Crippen LogP contribution in [0.5, 0.6) is 0 Å². The molecule has 0 amide bonds. The molecule has 1 aliphatic carbocycles. The Kier molecular flexibility index (Phi) is 3.03. The van der Waals surface area contributed by atoms with Gasteiger partial charge in [-0.15, -0.1) is 0 Å². The van der Waals surface area contributed by atoms with Crippen LogP contribution < -0.4 is 5.73 Å². The Balaban J connectivity index is 2.65. The number of hydrogen-bond acceptors (Lipinski definition) is 5. The highest BCUT2D eigenvalue weighted by Gasteiger charge is 2.40. The predicted octanol–water partition coefficient (Wildman–Crippen LogP) is -2.59. The highest BCUT2D eigenvalue weighted by Crippen LogP contribution is 2.23. The second-order valence-electron chi connectivity index (χ2n) is 3.29. The summed E-state index contributed by atoms with van der Waals surface area (Å²) < 4.78 is 0. The van der Waals surface area contributed by atoms with Crippen LogP contribution in [-0.2, 0) is 0 Å². The summed E-state index contributed by atoms with van der Waals surface area (Å²) in [6.45, 7) is -0.272. The molecule has 0 heterocycles. The highest BCUT2D eigenvalue weighted by molar-refractivity contribution is 4.93. The Morgan fingerprint density at radius 3 is 2.25 bits per heavy atom. The van der Waals surface area contributed by atoms with E-state index in [0.29, 0.717) is 0 Å². The van der Waals surface area contributed by atoms with Crippen LogP contribution >= 0.6 is 0 Å². The smallest absolute Gasteiger partial charge is 0.106 e. The highest BCUT2D eigenvalue weighted by atomic mass is 16.4. The lowest BCUT2D eigenvalue weighted by Crippen LogP contribution is -2.56. The van der Waals surface area contributed by atoms with Crippen molar-refractivity contribution < 1.29 is 20.4 Å². The minimum atomic E-state index is -1.19. The van der Waals surface area contributed by atoms with E-state index in [1.54, 1.807) is 0 Å². The van der Waals surface area contributed by atoms with Gasteiger partial charge in [0.15, 0.2) is 0 Å². The maximum atomic E-state index is 9.33. The molecule has 0 saturated heterocycles. The van der Waals surface area contributed by atoms with E-state index in [0.717, 1.165) is 0 Å². The van der Waals surface area contributed by atoms with Gasteiger partial charge < -0.3 is 26.2 Å². The van der Waals surface area contributed by atoms with Crippen molar-refractivity contribution in [3.05, 3.63) is 0 Å². The molecule has 1 saturated carbocycles. The zero-order valence-corrected chi connectivity index (χ0v) is 6.67. The fourth-order valence-corrected chi connectivity index (χ4v) is 1.57. The average Bonchev–Trinajstić information content (AvgIpc) is 2.01. The van der Waals surface area contributed by atoms with E-state index < -0.39 is 30.3 Å². The zero-order chi connectivity index (χ0) is 9.30. The third kappa shape index (κ3) is 1.60. The summed E-state index contributed by atoms with van der Waals surface area (Å²) in [6.07, 6.45) is -3.10. The summed E-state index contributed by atoms with van der Waals surface area (Å²) in [5, 5.41) is 36.5. The van der Waals surface area contributed by atoms with E-state index in [4.69, 9.17) is 15.9 Å². The molecule has 0 aromatic heterocycles. The molecule has 6 N–H and O–H groups in total. The molecule has 5 heteroatoms. The Morgan fingerprint density at radius 2 is 1.75 bits per heavy atom. The van der Waals surface area contributed by atoms with Crippen LogP contribution in [0.3, 0.4) is 0 Å². The third-order valence-electron chi connectivity index (χ3n) is 2.46. The summed E-state index contributed by atoms with van der Waals surface area (Å²) in [5.74, 6) is -0.539. The van der Waals surface area contributed by atoms with Crippen LogP contribution in [-0.4, -0.2) is 51.4 Å². The van der Waals surface area contributed by atoms with Crippen molar-refractivity contribution in [2.24, 2.45) is 11.7 Å². The van der Waals surface area contributed by atoms with Crippen molar-refractivity contribution >= 4 is 0 Å². The van der Waals surface area contributed by atoms with Gasteiger partial charge in [0, 0.05) is 18.6 Å². The number of nitrogens with two attached hydrogens (primary N) is 1. The molecule has 1 aliphatic rings. The Hall–Kier alpha value is -0.200. The van der Waals surface area contributed by atoms with Crippen molar-refractivity contribution in [1.82, 2.24) is 0 Å². The van der Waals surface area contributed by atoms with E-state index >= 15 is 0 Å². The Labute approximate surface area is 70.4 Å². The van der Waals surface area contributed by atoms with Gasteiger partial charge in [0.25, 0.3) is 0 Å². The summed E-state index contributed by atoms with van der Waals surface area (Å²) >= 11 is 0. The van der Waals surface area contributed by atoms with E-state index in [-0.39, 0.29) is 13.0 Å². The van der Waals surface area contributed by atoms with Gasteiger partial charge in [-0.25, -0.2) is 0 Å². The van der Waals surface area contributed by atoms with Crippen molar-refractivity contribution in [1.29, 1.82) is 0 Å². The summed E-state index contributed by atoms with van der Waals surface area (Å²) in [4.78, 5) is 0. The summed E-state index contributed by atoms with van der Waals surface area (Å²) in [6, 6.07) is -0.455. The van der Waals surface area contributed by atoms with Crippen molar-refractivity contribution in [2.75, 3.05) is 6.61 Å². The van der Waals surface area contributed by atoms with Gasteiger partial charge >= 0.3 is 0 Å². The molecule has 0 bridgehead atoms. The van der Waals surface area contributed by atoms with Gasteiger partial charge in [-0.3, -0.25) is 0 Å². The SMILES string of the molecule is N[C@H]1C[C@H](O)[C@@H](O)[C@H](O)[C@H]1CO. The molecule has 0 radical (unpaired) electrons. The molecule has 5 nitrogen and oxygen atoms in total. The van der Waals surface area contributed by atoms with Gasteiger partial charge in [0.05, 0.1) is 12.2 Å². The summed E-state index contributed by atoms with van der Waals surface area (Å²) in [5.41, 5.74) is 5.54. The van der Waals surface area contributed by atoms with Crippen LogP contribution in [0.2, 0.25) is 0 Å². The first-order valence-electron chi connectivity index (χ1n) is 3.98. The number of aliphatic hydroxyl groups is 4. The van der Waals surface area contributed by atoms with E-state index in [1.807, 2.05) is 0 Å². The quantitative estimate of drug-likeness (QED) is 0.302. The molecule has 0 aliphatic heterocycles. The van der Waals surface area contributed by atoms with Gasteiger partial charge in [-0.05, 0) is 6.42 Å². The number of aliphatic hydroxyl groups excluding tert-OH is 4. The molecule has 0 aromatic carbocycles. The molecule has 0 spiro atoms. The first kappa shape index (κ1) is 9.88. The minimum absolute atomic E-state index is 0.212. The number of rotatable bonds is 1. The van der Waals surface area contributed by atoms with Crippen LogP contribution in [0.1, 0.15) is 6.42 Å². The molecule has 1 fully saturated rings. The van der Waals surface area contributed by atoms with Crippen molar-refractivity contribution in [2.45, 2.75) is 30.8 Å². The number of hydrogen-bond donors (Lipinski definition) is 5. The standard InChI is InChI=1S/C7H15NO4/c8-4-1-5(10)7(12)6(11)3(4)2-9/h3-7,9-12H,1-2,8H2/t3-,4-,5-,6+,7+/m0/s1. The molecule has 1 rings (SSSR count). The minimum Gasteiger partial charge on any atom is -0.396 e. The maximum Gasteiger partial charge on any atom is 0.106 e. The Bertz CT molecular complexity index is 154. The fourth-order valence-electron chi connectivity index (χ4n) is 1.57. The largest absolute Gasteiger partial charge is 0.396 e. The van der Waals surface area contributed by atoms with Crippen LogP contribution in [0.25, 0.3) is 0 Å². The monoisotopic (exact) mass is 177 g/mol. The van der Waals surface area contributed by atoms with Crippen molar-refractivity contribution in [3.8, 4) is 0 Å². The van der Waals surface area contributed by atoms with Crippen LogP contribution in [0.4, 0.5) is 0 Å². The lowest BCUT2D eigenvalue weighted by atomic mass is 9.80. The third-order valence-corrected chi connectivity index (χ3v) is 2.46. The zero-order valence-electron chi connectivity index (χ0n) is 6.67. The fraction of sp³-hybridized carbons (Fsp3) is 1.00. The molecular weight excluding hydrogens is 162 g/mol. The average molecular weight is 177 g/mol. The second kappa shape index (κ2) is 3.68. The molecule has 0 unspecified atom stereocenters. The van der Waals surface area contributed by atoms with Gasteiger partial charge in [0.2, 0.25) is 0 Å². The molecular formula is C7H15NO4.